The van der Waals surface area contributed by atoms with E-state index in [1.807, 2.05) is 0 Å². The van der Waals surface area contributed by atoms with Gasteiger partial charge in [-0.05, 0) is 47.7 Å². The van der Waals surface area contributed by atoms with Gasteiger partial charge in [0.15, 0.2) is 0 Å². The fraction of sp³-hybridized carbons (Fsp3) is 0. The van der Waals surface area contributed by atoms with Crippen LogP contribution in [0.1, 0.15) is 0 Å². The Morgan fingerprint density at radius 1 is 0.286 bits per heavy atom. The van der Waals surface area contributed by atoms with E-state index in [1.165, 1.54) is 31.8 Å². The molecule has 0 radical (unpaired) electrons. The molecule has 6 aromatic carbocycles. The molecule has 0 unspecified atom stereocenters. The number of halogens is 1. The minimum Gasteiger partial charge on any atom is -0.0622 e. The van der Waals surface area contributed by atoms with Crippen molar-refractivity contribution >= 4 is 71.6 Å². The van der Waals surface area contributed by atoms with Gasteiger partial charge in [0, 0.05) is 0 Å². The van der Waals surface area contributed by atoms with Gasteiger partial charge in [0.05, 0.1) is 0 Å². The molecule has 0 bridgehead atoms. The molecule has 0 saturated carbocycles. The average molecular weight is 871 g/mol. The van der Waals surface area contributed by atoms with E-state index in [-0.39, 0.29) is 24.0 Å². The van der Waals surface area contributed by atoms with Crippen molar-refractivity contribution in [3.8, 4) is 0 Å². The van der Waals surface area contributed by atoms with E-state index in [2.05, 4.69) is 182 Å². The summed E-state index contributed by atoms with van der Waals surface area (Å²) in [5.74, 6) is 0. The zero-order valence-corrected chi connectivity index (χ0v) is 29.7. The van der Waals surface area contributed by atoms with E-state index in [9.17, 15) is 0 Å². The second-order valence-corrected chi connectivity index (χ2v) is 13.6. The fourth-order valence-corrected chi connectivity index (χ4v) is 8.97. The van der Waals surface area contributed by atoms with Gasteiger partial charge in [0.2, 0.25) is 0 Å². The van der Waals surface area contributed by atoms with Gasteiger partial charge in [-0.2, -0.15) is 0 Å². The first-order valence-corrected chi connectivity index (χ1v) is 18.0. The second-order valence-electron chi connectivity index (χ2n) is 8.75. The standard InChI is InChI=1S/2C18H15P.HI.2O.Re/c2*1-4-10-16(11-5-1)19(17-12-6-2-7-13-17)18-14-8-3-9-15-18;;;;/h2*1-15H;1H;;;. The topological polar surface area (TPSA) is 34.1 Å². The molecule has 0 heterocycles. The van der Waals surface area contributed by atoms with Gasteiger partial charge in [-0.3, -0.25) is 0 Å². The van der Waals surface area contributed by atoms with E-state index < -0.39 is 33.7 Å². The fourth-order valence-electron chi connectivity index (χ4n) is 4.36. The quantitative estimate of drug-likeness (QED) is 0.131. The molecule has 0 fully saturated rings. The summed E-state index contributed by atoms with van der Waals surface area (Å²) >= 11 is -2.17. The van der Waals surface area contributed by atoms with E-state index in [0.717, 1.165) is 0 Å². The molecule has 0 aliphatic carbocycles. The van der Waals surface area contributed by atoms with Gasteiger partial charge >= 0.3 is 24.8 Å². The van der Waals surface area contributed by atoms with Gasteiger partial charge in [-0.15, -0.1) is 24.0 Å². The molecular weight excluding hydrogens is 839 g/mol. The van der Waals surface area contributed by atoms with Crippen molar-refractivity contribution in [2.75, 3.05) is 0 Å². The molecule has 0 atom stereocenters. The van der Waals surface area contributed by atoms with Crippen molar-refractivity contribution in [1.29, 1.82) is 0 Å². The van der Waals surface area contributed by atoms with Crippen molar-refractivity contribution < 1.29 is 24.8 Å². The molecular formula is C36H31IO2P2Re. The normalized spacial score (nSPS) is 9.86. The summed E-state index contributed by atoms with van der Waals surface area (Å²) in [6.07, 6.45) is 0. The summed E-state index contributed by atoms with van der Waals surface area (Å²) in [7, 11) is -0.892. The molecule has 0 aromatic heterocycles. The van der Waals surface area contributed by atoms with Crippen LogP contribution in [0.15, 0.2) is 182 Å². The van der Waals surface area contributed by atoms with E-state index >= 15 is 0 Å². The van der Waals surface area contributed by atoms with Crippen LogP contribution in [-0.2, 0) is 24.8 Å². The molecule has 0 N–H and O–H groups in total. The van der Waals surface area contributed by atoms with Crippen LogP contribution >= 0.6 is 39.8 Å². The summed E-state index contributed by atoms with van der Waals surface area (Å²) in [6, 6.07) is 64.7. The minimum atomic E-state index is -2.17. The smallest absolute Gasteiger partial charge is 0.0134 e. The van der Waals surface area contributed by atoms with Crippen LogP contribution in [-0.4, -0.2) is 0 Å². The molecule has 2 nitrogen and oxygen atoms in total. The van der Waals surface area contributed by atoms with Crippen LogP contribution in [0.2, 0.25) is 0 Å². The van der Waals surface area contributed by atoms with Crippen LogP contribution in [0.5, 0.6) is 0 Å². The molecule has 42 heavy (non-hydrogen) atoms. The number of hydrogen-bond donors (Lipinski definition) is 0. The molecule has 6 aromatic rings. The van der Waals surface area contributed by atoms with Crippen LogP contribution in [0.25, 0.3) is 0 Å². The molecule has 6 rings (SSSR count). The third-order valence-electron chi connectivity index (χ3n) is 6.09. The number of benzene rings is 6. The molecule has 0 aliphatic rings. The van der Waals surface area contributed by atoms with Crippen LogP contribution < -0.4 is 31.8 Å². The maximum absolute atomic E-state index is 8.53. The number of hydrogen-bond acceptors (Lipinski definition) is 2. The summed E-state index contributed by atoms with van der Waals surface area (Å²) in [5, 5.41) is 8.39. The number of rotatable bonds is 6. The maximum Gasteiger partial charge on any atom is -0.0134 e. The Balaban J connectivity index is 0.000000207. The van der Waals surface area contributed by atoms with Gasteiger partial charge < -0.3 is 0 Å². The van der Waals surface area contributed by atoms with Crippen molar-refractivity contribution in [1.82, 2.24) is 0 Å². The second kappa shape index (κ2) is 19.4. The zero-order valence-electron chi connectivity index (χ0n) is 22.8. The van der Waals surface area contributed by atoms with E-state index in [4.69, 9.17) is 6.94 Å². The Kier molecular flexibility index (Phi) is 15.5. The Bertz CT molecular complexity index is 1280. The third kappa shape index (κ3) is 10.2. The van der Waals surface area contributed by atoms with Gasteiger partial charge in [-0.25, -0.2) is 0 Å². The van der Waals surface area contributed by atoms with Crippen LogP contribution in [0.3, 0.4) is 0 Å². The maximum atomic E-state index is 8.53. The first-order valence-electron chi connectivity index (χ1n) is 13.1. The first kappa shape index (κ1) is 33.7. The van der Waals surface area contributed by atoms with Crippen molar-refractivity contribution in [3.63, 3.8) is 0 Å². The van der Waals surface area contributed by atoms with Crippen molar-refractivity contribution in [2.24, 2.45) is 0 Å². The summed E-state index contributed by atoms with van der Waals surface area (Å²) < 4.78 is 17.1. The molecule has 0 saturated heterocycles. The Hall–Kier alpha value is -2.83. The van der Waals surface area contributed by atoms with E-state index in [1.54, 1.807) is 0 Å². The largest absolute Gasteiger partial charge is 0.0622 e. The SMILES string of the molecule is I.[O]=[Re]=[O].c1ccc(P(c2ccccc2)c2ccccc2)cc1.c1ccc(P(c2ccccc2)c2ccccc2)cc1. The van der Waals surface area contributed by atoms with Gasteiger partial charge in [-0.1, -0.05) is 182 Å². The molecule has 211 valence electrons. The molecule has 0 aliphatic heterocycles. The third-order valence-corrected chi connectivity index (χ3v) is 11.0. The monoisotopic (exact) mass is 871 g/mol. The molecule has 0 amide bonds. The average Bonchev–Trinajstić information content (AvgIpc) is 3.05. The molecule has 0 spiro atoms. The van der Waals surface area contributed by atoms with Gasteiger partial charge in [0.25, 0.3) is 0 Å². The van der Waals surface area contributed by atoms with Crippen molar-refractivity contribution in [3.05, 3.63) is 182 Å². The predicted octanol–water partition coefficient (Wildman–Crippen LogP) is 7.27. The first-order chi connectivity index (χ1) is 20.3. The Morgan fingerprint density at radius 2 is 0.405 bits per heavy atom. The Morgan fingerprint density at radius 3 is 0.524 bits per heavy atom. The predicted molar refractivity (Wildman–Crippen MR) is 187 cm³/mol. The summed E-state index contributed by atoms with van der Waals surface area (Å²) in [6.45, 7) is 0. The van der Waals surface area contributed by atoms with Gasteiger partial charge in [0.1, 0.15) is 0 Å². The van der Waals surface area contributed by atoms with E-state index in [0.29, 0.717) is 0 Å². The Labute approximate surface area is 276 Å². The molecule has 6 heteroatoms. The minimum absolute atomic E-state index is 0. The summed E-state index contributed by atoms with van der Waals surface area (Å²) in [4.78, 5) is 0. The van der Waals surface area contributed by atoms with Crippen LogP contribution in [0.4, 0.5) is 0 Å². The zero-order chi connectivity index (χ0) is 28.5. The van der Waals surface area contributed by atoms with Crippen molar-refractivity contribution in [2.45, 2.75) is 0 Å². The van der Waals surface area contributed by atoms with Crippen LogP contribution in [0, 0.1) is 0 Å². The summed E-state index contributed by atoms with van der Waals surface area (Å²) in [5.41, 5.74) is 0.